The molecule has 6 heteroatoms. The second kappa shape index (κ2) is 8.47. The molecule has 2 amide bonds. The molecule has 2 aromatic rings. The molecule has 0 saturated carbocycles. The molecule has 0 aliphatic heterocycles. The maximum absolute atomic E-state index is 12.7. The minimum absolute atomic E-state index is 0.0388. The van der Waals surface area contributed by atoms with E-state index in [4.69, 9.17) is 5.11 Å². The average Bonchev–Trinajstić information content (AvgIpc) is 2.99. The Morgan fingerprint density at radius 2 is 2.00 bits per heavy atom. The summed E-state index contributed by atoms with van der Waals surface area (Å²) in [6, 6.07) is 9.01. The van der Waals surface area contributed by atoms with E-state index in [2.05, 4.69) is 17.6 Å². The molecule has 0 saturated heterocycles. The number of rotatable bonds is 6. The van der Waals surface area contributed by atoms with E-state index in [1.807, 2.05) is 18.2 Å². The van der Waals surface area contributed by atoms with Gasteiger partial charge in [-0.3, -0.25) is 9.59 Å². The van der Waals surface area contributed by atoms with Crippen LogP contribution in [-0.4, -0.2) is 30.1 Å². The van der Waals surface area contributed by atoms with E-state index < -0.39 is 0 Å². The van der Waals surface area contributed by atoms with Gasteiger partial charge in [0, 0.05) is 23.6 Å². The Hall–Kier alpha value is -2.18. The number of carbonyl (C=O) groups excluding carboxylic acids is 2. The highest BCUT2D eigenvalue weighted by Crippen LogP contribution is 2.39. The molecule has 3 rings (SSSR count). The van der Waals surface area contributed by atoms with Gasteiger partial charge in [-0.15, -0.1) is 11.3 Å². The Morgan fingerprint density at radius 1 is 1.23 bits per heavy atom. The number of anilines is 1. The smallest absolute Gasteiger partial charge is 0.256 e. The van der Waals surface area contributed by atoms with Crippen molar-refractivity contribution in [1.82, 2.24) is 5.32 Å². The third kappa shape index (κ3) is 4.14. The van der Waals surface area contributed by atoms with Crippen LogP contribution in [0.3, 0.4) is 0 Å². The Labute approximate surface area is 157 Å². The molecule has 138 valence electrons. The summed E-state index contributed by atoms with van der Waals surface area (Å²) in [5, 5.41) is 15.3. The van der Waals surface area contributed by atoms with Crippen molar-refractivity contribution in [2.75, 3.05) is 18.5 Å². The van der Waals surface area contributed by atoms with Gasteiger partial charge in [0.25, 0.3) is 11.8 Å². The zero-order valence-corrected chi connectivity index (χ0v) is 15.7. The highest BCUT2D eigenvalue weighted by atomic mass is 32.1. The fraction of sp³-hybridized carbons (Fsp3) is 0.400. The van der Waals surface area contributed by atoms with Gasteiger partial charge < -0.3 is 15.7 Å². The van der Waals surface area contributed by atoms with E-state index in [1.54, 1.807) is 12.1 Å². The van der Waals surface area contributed by atoms with Crippen molar-refractivity contribution in [3.05, 3.63) is 51.9 Å². The minimum Gasteiger partial charge on any atom is -0.396 e. The molecule has 5 nitrogen and oxygen atoms in total. The molecular weight excluding hydrogens is 348 g/mol. The van der Waals surface area contributed by atoms with Gasteiger partial charge in [-0.1, -0.05) is 25.1 Å². The first-order valence-corrected chi connectivity index (χ1v) is 9.81. The topological polar surface area (TPSA) is 78.4 Å². The van der Waals surface area contributed by atoms with Crippen LogP contribution in [0.15, 0.2) is 30.3 Å². The molecule has 26 heavy (non-hydrogen) atoms. The lowest BCUT2D eigenvalue weighted by Crippen LogP contribution is -2.27. The number of benzene rings is 1. The number of hydrogen-bond acceptors (Lipinski definition) is 4. The Kier molecular flexibility index (Phi) is 6.06. The fourth-order valence-electron chi connectivity index (χ4n) is 3.21. The maximum Gasteiger partial charge on any atom is 0.256 e. The quantitative estimate of drug-likeness (QED) is 0.681. The van der Waals surface area contributed by atoms with Crippen LogP contribution in [0.5, 0.6) is 0 Å². The zero-order valence-electron chi connectivity index (χ0n) is 14.9. The first-order chi connectivity index (χ1) is 12.6. The SMILES string of the molecule is CC1CCc2c(sc(NC(=O)c3ccccc3)c2C(=O)NCCCO)C1. The predicted molar refractivity (Wildman–Crippen MR) is 104 cm³/mol. The molecule has 0 fully saturated rings. The molecule has 0 spiro atoms. The Balaban J connectivity index is 1.88. The highest BCUT2D eigenvalue weighted by molar-refractivity contribution is 7.17. The third-order valence-electron chi connectivity index (χ3n) is 4.62. The Bertz CT molecular complexity index is 786. The molecule has 1 aliphatic carbocycles. The van der Waals surface area contributed by atoms with Gasteiger partial charge in [-0.25, -0.2) is 0 Å². The van der Waals surface area contributed by atoms with Crippen LogP contribution in [0.1, 0.15) is 50.9 Å². The molecule has 0 bridgehead atoms. The van der Waals surface area contributed by atoms with E-state index in [-0.39, 0.29) is 18.4 Å². The predicted octanol–water partition coefficient (Wildman–Crippen LogP) is 3.24. The minimum atomic E-state index is -0.207. The largest absolute Gasteiger partial charge is 0.396 e. The van der Waals surface area contributed by atoms with Crippen molar-refractivity contribution in [1.29, 1.82) is 0 Å². The summed E-state index contributed by atoms with van der Waals surface area (Å²) in [7, 11) is 0. The molecule has 1 atom stereocenters. The van der Waals surface area contributed by atoms with E-state index in [9.17, 15) is 9.59 Å². The number of carbonyl (C=O) groups is 2. The van der Waals surface area contributed by atoms with Gasteiger partial charge >= 0.3 is 0 Å². The van der Waals surface area contributed by atoms with E-state index in [0.717, 1.165) is 24.8 Å². The van der Waals surface area contributed by atoms with Crippen LogP contribution in [0.2, 0.25) is 0 Å². The van der Waals surface area contributed by atoms with Gasteiger partial charge in [0.2, 0.25) is 0 Å². The van der Waals surface area contributed by atoms with Gasteiger partial charge in [0.05, 0.1) is 5.56 Å². The number of amides is 2. The highest BCUT2D eigenvalue weighted by Gasteiger charge is 2.28. The van der Waals surface area contributed by atoms with Crippen LogP contribution in [0.25, 0.3) is 0 Å². The number of nitrogens with one attached hydrogen (secondary N) is 2. The van der Waals surface area contributed by atoms with Crippen LogP contribution in [0.4, 0.5) is 5.00 Å². The number of aliphatic hydroxyl groups is 1. The van der Waals surface area contributed by atoms with Crippen molar-refractivity contribution >= 4 is 28.2 Å². The van der Waals surface area contributed by atoms with Gasteiger partial charge in [0.1, 0.15) is 5.00 Å². The lowest BCUT2D eigenvalue weighted by atomic mass is 9.88. The monoisotopic (exact) mass is 372 g/mol. The maximum atomic E-state index is 12.7. The molecule has 1 unspecified atom stereocenters. The van der Waals surface area contributed by atoms with Crippen LogP contribution < -0.4 is 10.6 Å². The van der Waals surface area contributed by atoms with Crippen molar-refractivity contribution in [3.63, 3.8) is 0 Å². The van der Waals surface area contributed by atoms with Crippen molar-refractivity contribution in [2.45, 2.75) is 32.6 Å². The van der Waals surface area contributed by atoms with E-state index in [0.29, 0.717) is 35.0 Å². The standard InChI is InChI=1S/C20H24N2O3S/c1-13-8-9-15-16(12-13)26-20(17(15)19(25)21-10-5-11-23)22-18(24)14-6-3-2-4-7-14/h2-4,6-7,13,23H,5,8-12H2,1H3,(H,21,25)(H,22,24). The van der Waals surface area contributed by atoms with Gasteiger partial charge in [0.15, 0.2) is 0 Å². The zero-order chi connectivity index (χ0) is 18.5. The van der Waals surface area contributed by atoms with E-state index >= 15 is 0 Å². The lowest BCUT2D eigenvalue weighted by Gasteiger charge is -2.18. The average molecular weight is 372 g/mol. The number of hydrogen-bond donors (Lipinski definition) is 3. The third-order valence-corrected chi connectivity index (χ3v) is 5.79. The van der Waals surface area contributed by atoms with Crippen LogP contribution >= 0.6 is 11.3 Å². The summed E-state index contributed by atoms with van der Waals surface area (Å²) >= 11 is 1.51. The fourth-order valence-corrected chi connectivity index (χ4v) is 4.62. The summed E-state index contributed by atoms with van der Waals surface area (Å²) in [4.78, 5) is 26.5. The Morgan fingerprint density at radius 3 is 2.73 bits per heavy atom. The number of aliphatic hydroxyl groups excluding tert-OH is 1. The molecular formula is C20H24N2O3S. The first-order valence-electron chi connectivity index (χ1n) is 9.00. The van der Waals surface area contributed by atoms with Crippen molar-refractivity contribution < 1.29 is 14.7 Å². The number of fused-ring (bicyclic) bond motifs is 1. The first kappa shape index (κ1) is 18.6. The molecule has 1 aliphatic rings. The lowest BCUT2D eigenvalue weighted by molar-refractivity contribution is 0.0951. The van der Waals surface area contributed by atoms with Gasteiger partial charge in [-0.2, -0.15) is 0 Å². The summed E-state index contributed by atoms with van der Waals surface area (Å²) in [5.74, 6) is 0.208. The van der Waals surface area contributed by atoms with Crippen molar-refractivity contribution in [3.8, 4) is 0 Å². The summed E-state index contributed by atoms with van der Waals surface area (Å²) in [6.07, 6.45) is 3.36. The number of thiophene rings is 1. The molecule has 1 heterocycles. The van der Waals surface area contributed by atoms with E-state index in [1.165, 1.54) is 16.2 Å². The summed E-state index contributed by atoms with van der Waals surface area (Å²) in [6.45, 7) is 2.67. The second-order valence-corrected chi connectivity index (χ2v) is 7.81. The molecule has 1 aromatic carbocycles. The summed E-state index contributed by atoms with van der Waals surface area (Å²) < 4.78 is 0. The molecule has 1 aromatic heterocycles. The summed E-state index contributed by atoms with van der Waals surface area (Å²) in [5.41, 5.74) is 2.23. The van der Waals surface area contributed by atoms with Crippen LogP contribution in [-0.2, 0) is 12.8 Å². The van der Waals surface area contributed by atoms with Crippen LogP contribution in [0, 0.1) is 5.92 Å². The second-order valence-electron chi connectivity index (χ2n) is 6.71. The molecule has 3 N–H and O–H groups in total. The van der Waals surface area contributed by atoms with Crippen molar-refractivity contribution in [2.24, 2.45) is 5.92 Å². The molecule has 0 radical (unpaired) electrons. The van der Waals surface area contributed by atoms with Gasteiger partial charge in [-0.05, 0) is 49.3 Å². The normalized spacial score (nSPS) is 16.0.